The molecule has 0 saturated carbocycles. The van der Waals surface area contributed by atoms with Crippen molar-refractivity contribution < 1.29 is 14.5 Å². The fourth-order valence-corrected chi connectivity index (χ4v) is 3.29. The highest BCUT2D eigenvalue weighted by molar-refractivity contribution is 5.95. The molecule has 3 rings (SSSR count). The highest BCUT2D eigenvalue weighted by Crippen LogP contribution is 2.24. The van der Waals surface area contributed by atoms with Gasteiger partial charge in [-0.15, -0.1) is 0 Å². The Kier molecular flexibility index (Phi) is 6.41. The van der Waals surface area contributed by atoms with Crippen molar-refractivity contribution in [2.75, 3.05) is 30.4 Å². The molecule has 0 aliphatic carbocycles. The van der Waals surface area contributed by atoms with Crippen molar-refractivity contribution in [2.24, 2.45) is 0 Å². The monoisotopic (exact) mass is 384 g/mol. The average molecular weight is 384 g/mol. The molecule has 28 heavy (non-hydrogen) atoms. The number of nitrogens with zero attached hydrogens (tertiary/aromatic N) is 3. The lowest BCUT2D eigenvalue weighted by atomic mass is 10.1. The molecule has 1 aliphatic heterocycles. The third-order valence-corrected chi connectivity index (χ3v) is 4.83. The maximum Gasteiger partial charge on any atom is 0.344 e. The fraction of sp³-hybridized carbons (Fsp3) is 0.400. The predicted molar refractivity (Wildman–Crippen MR) is 107 cm³/mol. The number of hydrogen-bond acceptors (Lipinski definition) is 7. The van der Waals surface area contributed by atoms with Crippen LogP contribution in [0.3, 0.4) is 0 Å². The molecule has 8 heteroatoms. The fourth-order valence-electron chi connectivity index (χ4n) is 3.29. The summed E-state index contributed by atoms with van der Waals surface area (Å²) < 4.78 is 4.64. The molecule has 1 aromatic carbocycles. The molecule has 1 N–H and O–H groups in total. The Morgan fingerprint density at radius 3 is 2.57 bits per heavy atom. The Bertz CT molecular complexity index is 831. The summed E-state index contributed by atoms with van der Waals surface area (Å²) >= 11 is 0. The van der Waals surface area contributed by atoms with Crippen LogP contribution in [0.4, 0.5) is 17.2 Å². The highest BCUT2D eigenvalue weighted by Gasteiger charge is 2.21. The van der Waals surface area contributed by atoms with Gasteiger partial charge in [-0.1, -0.05) is 18.9 Å². The number of esters is 1. The van der Waals surface area contributed by atoms with Gasteiger partial charge in [0.1, 0.15) is 11.4 Å². The number of benzene rings is 1. The zero-order chi connectivity index (χ0) is 19.9. The van der Waals surface area contributed by atoms with Gasteiger partial charge in [0.15, 0.2) is 0 Å². The van der Waals surface area contributed by atoms with Crippen molar-refractivity contribution in [3.8, 4) is 0 Å². The van der Waals surface area contributed by atoms with E-state index in [2.05, 4.69) is 19.9 Å². The molecule has 0 bridgehead atoms. The number of aromatic nitrogens is 1. The van der Waals surface area contributed by atoms with Crippen LogP contribution in [0.1, 0.15) is 41.6 Å². The normalized spacial score (nSPS) is 14.2. The summed E-state index contributed by atoms with van der Waals surface area (Å²) in [5.41, 5.74) is 1.23. The van der Waals surface area contributed by atoms with Crippen LogP contribution in [0.15, 0.2) is 36.5 Å². The third-order valence-electron chi connectivity index (χ3n) is 4.83. The lowest BCUT2D eigenvalue weighted by Crippen LogP contribution is -2.24. The minimum Gasteiger partial charge on any atom is -0.465 e. The van der Waals surface area contributed by atoms with Crippen LogP contribution in [0.5, 0.6) is 0 Å². The number of carbonyl (C=O) groups is 1. The van der Waals surface area contributed by atoms with Gasteiger partial charge in [0.25, 0.3) is 5.69 Å². The molecule has 1 aliphatic rings. The molecule has 1 fully saturated rings. The number of methoxy groups -OCH3 is 1. The molecule has 0 amide bonds. The van der Waals surface area contributed by atoms with E-state index in [9.17, 15) is 14.9 Å². The Labute approximate surface area is 163 Å². The summed E-state index contributed by atoms with van der Waals surface area (Å²) in [5, 5.41) is 14.3. The molecule has 0 spiro atoms. The Morgan fingerprint density at radius 2 is 1.96 bits per heavy atom. The molecule has 148 valence electrons. The minimum atomic E-state index is -0.737. The summed E-state index contributed by atoms with van der Waals surface area (Å²) in [6, 6.07) is 8.35. The molecule has 0 unspecified atom stereocenters. The topological polar surface area (TPSA) is 97.6 Å². The van der Waals surface area contributed by atoms with Crippen molar-refractivity contribution in [3.63, 3.8) is 0 Å². The number of nitro benzene ring substituents is 1. The van der Waals surface area contributed by atoms with Crippen LogP contribution in [-0.4, -0.2) is 36.1 Å². The first-order valence-electron chi connectivity index (χ1n) is 9.39. The molecular weight excluding hydrogens is 360 g/mol. The zero-order valence-electron chi connectivity index (χ0n) is 15.9. The van der Waals surface area contributed by atoms with E-state index in [0.717, 1.165) is 24.5 Å². The summed E-state index contributed by atoms with van der Waals surface area (Å²) in [4.78, 5) is 29.2. The quantitative estimate of drug-likeness (QED) is 0.460. The Morgan fingerprint density at radius 1 is 1.21 bits per heavy atom. The third kappa shape index (κ3) is 4.76. The van der Waals surface area contributed by atoms with Gasteiger partial charge in [0.05, 0.1) is 12.0 Å². The van der Waals surface area contributed by atoms with Gasteiger partial charge < -0.3 is 15.0 Å². The van der Waals surface area contributed by atoms with Crippen molar-refractivity contribution in [1.29, 1.82) is 0 Å². The summed E-state index contributed by atoms with van der Waals surface area (Å²) in [6.07, 6.45) is 6.80. The largest absolute Gasteiger partial charge is 0.465 e. The lowest BCUT2D eigenvalue weighted by Gasteiger charge is -2.21. The highest BCUT2D eigenvalue weighted by atomic mass is 16.6. The zero-order valence-corrected chi connectivity index (χ0v) is 15.9. The van der Waals surface area contributed by atoms with Crippen LogP contribution in [0.2, 0.25) is 0 Å². The van der Waals surface area contributed by atoms with Gasteiger partial charge in [-0.05, 0) is 36.6 Å². The van der Waals surface area contributed by atoms with E-state index in [0.29, 0.717) is 12.2 Å². The first kappa shape index (κ1) is 19.6. The maximum absolute atomic E-state index is 11.8. The van der Waals surface area contributed by atoms with E-state index in [1.165, 1.54) is 44.9 Å². The number of pyridine rings is 1. The van der Waals surface area contributed by atoms with E-state index in [4.69, 9.17) is 0 Å². The molecule has 8 nitrogen and oxygen atoms in total. The minimum absolute atomic E-state index is 0.0767. The van der Waals surface area contributed by atoms with Crippen molar-refractivity contribution in [1.82, 2.24) is 4.98 Å². The molecule has 1 saturated heterocycles. The van der Waals surface area contributed by atoms with E-state index in [-0.39, 0.29) is 11.3 Å². The van der Waals surface area contributed by atoms with Crippen LogP contribution in [0.25, 0.3) is 0 Å². The summed E-state index contributed by atoms with van der Waals surface area (Å²) in [5.74, 6) is 0.257. The Balaban J connectivity index is 1.66. The number of hydrogen-bond donors (Lipinski definition) is 1. The van der Waals surface area contributed by atoms with Crippen LogP contribution < -0.4 is 10.2 Å². The van der Waals surface area contributed by atoms with Gasteiger partial charge >= 0.3 is 5.97 Å². The number of ether oxygens (including phenoxy) is 1. The molecular formula is C20H24N4O4. The second-order valence-electron chi connectivity index (χ2n) is 6.76. The lowest BCUT2D eigenvalue weighted by molar-refractivity contribution is -0.385. The van der Waals surface area contributed by atoms with Gasteiger partial charge in [0.2, 0.25) is 0 Å². The molecule has 2 aromatic rings. The molecule has 1 aromatic heterocycles. The number of anilines is 2. The van der Waals surface area contributed by atoms with E-state index in [1.54, 1.807) is 6.07 Å². The second-order valence-corrected chi connectivity index (χ2v) is 6.76. The number of carbonyl (C=O) groups excluding carboxylic acids is 1. The summed E-state index contributed by atoms with van der Waals surface area (Å²) in [6.45, 7) is 2.58. The number of nitro groups is 1. The van der Waals surface area contributed by atoms with Gasteiger partial charge in [-0.2, -0.15) is 0 Å². The van der Waals surface area contributed by atoms with Crippen LogP contribution >= 0.6 is 0 Å². The molecule has 2 heterocycles. The van der Waals surface area contributed by atoms with E-state index in [1.807, 2.05) is 18.3 Å². The van der Waals surface area contributed by atoms with Crippen molar-refractivity contribution >= 4 is 23.2 Å². The van der Waals surface area contributed by atoms with Crippen LogP contribution in [-0.2, 0) is 11.3 Å². The van der Waals surface area contributed by atoms with Crippen molar-refractivity contribution in [2.45, 2.75) is 32.2 Å². The Hall–Kier alpha value is -3.16. The predicted octanol–water partition coefficient (Wildman–Crippen LogP) is 3.77. The average Bonchev–Trinajstić information content (AvgIpc) is 3.01. The van der Waals surface area contributed by atoms with E-state index < -0.39 is 10.9 Å². The second kappa shape index (κ2) is 9.16. The number of nitrogens with one attached hydrogen (secondary N) is 1. The number of rotatable bonds is 6. The van der Waals surface area contributed by atoms with Gasteiger partial charge in [-0.25, -0.2) is 9.78 Å². The standard InChI is InChI=1S/C20H24N4O4/c1-28-20(25)17-12-16(7-8-18(17)24(26)27)21-13-15-6-9-19(22-14-15)23-10-4-2-3-5-11-23/h6-9,12,14,21H,2-5,10-11,13H2,1H3. The SMILES string of the molecule is COC(=O)c1cc(NCc2ccc(N3CCCCCC3)nc2)ccc1[N+](=O)[O-]. The molecule has 0 radical (unpaired) electrons. The van der Waals surface area contributed by atoms with E-state index >= 15 is 0 Å². The first-order valence-corrected chi connectivity index (χ1v) is 9.39. The van der Waals surface area contributed by atoms with Gasteiger partial charge in [0, 0.05) is 37.6 Å². The van der Waals surface area contributed by atoms with Crippen molar-refractivity contribution in [3.05, 3.63) is 57.8 Å². The van der Waals surface area contributed by atoms with Gasteiger partial charge in [-0.3, -0.25) is 10.1 Å². The van der Waals surface area contributed by atoms with Crippen LogP contribution in [0, 0.1) is 10.1 Å². The smallest absolute Gasteiger partial charge is 0.344 e. The first-order chi connectivity index (χ1) is 13.6. The maximum atomic E-state index is 11.8. The summed E-state index contributed by atoms with van der Waals surface area (Å²) in [7, 11) is 1.20. The molecule has 0 atom stereocenters.